The number of aryl methyl sites for hydroxylation is 1. The SMILES string of the molecule is COc1ccc(C(N)c2nc(-c3ccccc3)c(C)s2)cc1OC. The van der Waals surface area contributed by atoms with Crippen molar-refractivity contribution >= 4 is 11.3 Å². The van der Waals surface area contributed by atoms with Gasteiger partial charge in [0.25, 0.3) is 0 Å². The van der Waals surface area contributed by atoms with Crippen LogP contribution in [0, 0.1) is 6.92 Å². The van der Waals surface area contributed by atoms with Crippen LogP contribution in [-0.2, 0) is 0 Å². The van der Waals surface area contributed by atoms with Crippen LogP contribution in [0.4, 0.5) is 0 Å². The molecule has 1 atom stereocenters. The molecule has 1 heterocycles. The Morgan fingerprint density at radius 3 is 2.38 bits per heavy atom. The Kier molecular flexibility index (Phi) is 4.83. The zero-order valence-electron chi connectivity index (χ0n) is 13.9. The maximum absolute atomic E-state index is 6.44. The monoisotopic (exact) mass is 340 g/mol. The second-order valence-electron chi connectivity index (χ2n) is 5.42. The summed E-state index contributed by atoms with van der Waals surface area (Å²) < 4.78 is 10.6. The molecule has 1 unspecified atom stereocenters. The third-order valence-corrected chi connectivity index (χ3v) is 4.95. The third kappa shape index (κ3) is 3.13. The molecule has 3 rings (SSSR count). The van der Waals surface area contributed by atoms with E-state index in [-0.39, 0.29) is 6.04 Å². The van der Waals surface area contributed by atoms with Crippen LogP contribution < -0.4 is 15.2 Å². The second kappa shape index (κ2) is 7.03. The lowest BCUT2D eigenvalue weighted by Crippen LogP contribution is -2.11. The number of hydrogen-bond donors (Lipinski definition) is 1. The first kappa shape index (κ1) is 16.5. The molecule has 0 spiro atoms. The molecule has 1 aromatic heterocycles. The van der Waals surface area contributed by atoms with Crippen LogP contribution >= 0.6 is 11.3 Å². The highest BCUT2D eigenvalue weighted by Gasteiger charge is 2.18. The molecule has 124 valence electrons. The molecule has 0 bridgehead atoms. The fourth-order valence-electron chi connectivity index (χ4n) is 2.60. The molecule has 0 aliphatic rings. The zero-order chi connectivity index (χ0) is 17.1. The summed E-state index contributed by atoms with van der Waals surface area (Å²) in [5.41, 5.74) is 9.49. The molecule has 5 heteroatoms. The van der Waals surface area contributed by atoms with Gasteiger partial charge in [0, 0.05) is 10.4 Å². The van der Waals surface area contributed by atoms with Crippen LogP contribution in [0.3, 0.4) is 0 Å². The van der Waals surface area contributed by atoms with Crippen LogP contribution in [0.2, 0.25) is 0 Å². The standard InChI is InChI=1S/C19H20N2O2S/c1-12-18(13-7-5-4-6-8-13)21-19(24-12)17(20)14-9-10-15(22-2)16(11-14)23-3/h4-11,17H,20H2,1-3H3. The second-order valence-corrected chi connectivity index (χ2v) is 6.65. The third-order valence-electron chi connectivity index (χ3n) is 3.89. The van der Waals surface area contributed by atoms with Crippen molar-refractivity contribution in [3.05, 3.63) is 64.0 Å². The zero-order valence-corrected chi connectivity index (χ0v) is 14.8. The van der Waals surface area contributed by atoms with Gasteiger partial charge in [-0.2, -0.15) is 0 Å². The van der Waals surface area contributed by atoms with E-state index >= 15 is 0 Å². The summed E-state index contributed by atoms with van der Waals surface area (Å²) in [7, 11) is 3.24. The molecule has 0 saturated heterocycles. The molecule has 0 fully saturated rings. The van der Waals surface area contributed by atoms with Gasteiger partial charge in [-0.25, -0.2) is 4.98 Å². The summed E-state index contributed by atoms with van der Waals surface area (Å²) in [6.07, 6.45) is 0. The molecule has 24 heavy (non-hydrogen) atoms. The largest absolute Gasteiger partial charge is 0.493 e. The Bertz CT molecular complexity index is 831. The van der Waals surface area contributed by atoms with Gasteiger partial charge in [0.2, 0.25) is 0 Å². The number of hydrogen-bond acceptors (Lipinski definition) is 5. The van der Waals surface area contributed by atoms with Gasteiger partial charge in [-0.1, -0.05) is 36.4 Å². The van der Waals surface area contributed by atoms with Crippen molar-refractivity contribution in [1.82, 2.24) is 4.98 Å². The van der Waals surface area contributed by atoms with Gasteiger partial charge in [0.05, 0.1) is 26.0 Å². The van der Waals surface area contributed by atoms with Crippen molar-refractivity contribution in [3.8, 4) is 22.8 Å². The lowest BCUT2D eigenvalue weighted by molar-refractivity contribution is 0.354. The van der Waals surface area contributed by atoms with Crippen molar-refractivity contribution in [2.45, 2.75) is 13.0 Å². The van der Waals surface area contributed by atoms with Crippen LogP contribution in [0.5, 0.6) is 11.5 Å². The number of thiazole rings is 1. The maximum Gasteiger partial charge on any atom is 0.161 e. The molecule has 0 aliphatic heterocycles. The van der Waals surface area contributed by atoms with Gasteiger partial charge in [0.15, 0.2) is 11.5 Å². The lowest BCUT2D eigenvalue weighted by atomic mass is 10.1. The van der Waals surface area contributed by atoms with Crippen LogP contribution in [0.15, 0.2) is 48.5 Å². The molecule has 2 N–H and O–H groups in total. The first-order valence-corrected chi connectivity index (χ1v) is 8.46. The van der Waals surface area contributed by atoms with E-state index < -0.39 is 0 Å². The molecule has 3 aromatic rings. The first-order chi connectivity index (χ1) is 11.6. The quantitative estimate of drug-likeness (QED) is 0.757. The maximum atomic E-state index is 6.44. The number of nitrogens with zero attached hydrogens (tertiary/aromatic N) is 1. The Morgan fingerprint density at radius 1 is 1.00 bits per heavy atom. The highest BCUT2D eigenvalue weighted by atomic mass is 32.1. The van der Waals surface area contributed by atoms with E-state index in [0.717, 1.165) is 26.7 Å². The first-order valence-electron chi connectivity index (χ1n) is 7.64. The van der Waals surface area contributed by atoms with E-state index in [1.54, 1.807) is 25.6 Å². The van der Waals surface area contributed by atoms with Gasteiger partial charge in [-0.05, 0) is 24.6 Å². The molecular formula is C19H20N2O2S. The van der Waals surface area contributed by atoms with E-state index in [2.05, 4.69) is 19.1 Å². The van der Waals surface area contributed by atoms with E-state index in [1.165, 1.54) is 0 Å². The van der Waals surface area contributed by atoms with Gasteiger partial charge >= 0.3 is 0 Å². The van der Waals surface area contributed by atoms with Crippen molar-refractivity contribution in [3.63, 3.8) is 0 Å². The summed E-state index contributed by atoms with van der Waals surface area (Å²) >= 11 is 1.63. The molecule has 4 nitrogen and oxygen atoms in total. The minimum absolute atomic E-state index is 0.300. The highest BCUT2D eigenvalue weighted by molar-refractivity contribution is 7.12. The predicted molar refractivity (Wildman–Crippen MR) is 97.9 cm³/mol. The number of aromatic nitrogens is 1. The minimum atomic E-state index is -0.300. The number of benzene rings is 2. The van der Waals surface area contributed by atoms with Gasteiger partial charge in [-0.15, -0.1) is 11.3 Å². The average Bonchev–Trinajstić information content (AvgIpc) is 3.03. The van der Waals surface area contributed by atoms with Gasteiger partial charge < -0.3 is 15.2 Å². The summed E-state index contributed by atoms with van der Waals surface area (Å²) in [6.45, 7) is 2.07. The molecule has 2 aromatic carbocycles. The number of ether oxygens (including phenoxy) is 2. The fourth-order valence-corrected chi connectivity index (χ4v) is 3.58. The highest BCUT2D eigenvalue weighted by Crippen LogP contribution is 2.35. The van der Waals surface area contributed by atoms with Crippen molar-refractivity contribution in [2.75, 3.05) is 14.2 Å². The van der Waals surface area contributed by atoms with E-state index in [4.69, 9.17) is 20.2 Å². The minimum Gasteiger partial charge on any atom is -0.493 e. The molecule has 0 aliphatic carbocycles. The van der Waals surface area contributed by atoms with Crippen molar-refractivity contribution < 1.29 is 9.47 Å². The normalized spacial score (nSPS) is 12.0. The summed E-state index contributed by atoms with van der Waals surface area (Å²) in [6, 6.07) is 15.6. The van der Waals surface area contributed by atoms with E-state index in [1.807, 2.05) is 36.4 Å². The average molecular weight is 340 g/mol. The topological polar surface area (TPSA) is 57.4 Å². The molecule has 0 amide bonds. The summed E-state index contributed by atoms with van der Waals surface area (Å²) in [4.78, 5) is 5.94. The number of nitrogens with two attached hydrogens (primary N) is 1. The summed E-state index contributed by atoms with van der Waals surface area (Å²) in [5.74, 6) is 1.36. The Labute approximate surface area is 145 Å². The smallest absolute Gasteiger partial charge is 0.161 e. The number of methoxy groups -OCH3 is 2. The Morgan fingerprint density at radius 2 is 1.71 bits per heavy atom. The predicted octanol–water partition coefficient (Wildman–Crippen LogP) is 4.18. The number of rotatable bonds is 5. The fraction of sp³-hybridized carbons (Fsp3) is 0.211. The van der Waals surface area contributed by atoms with Crippen LogP contribution in [0.25, 0.3) is 11.3 Å². The van der Waals surface area contributed by atoms with E-state index in [9.17, 15) is 0 Å². The van der Waals surface area contributed by atoms with Crippen molar-refractivity contribution in [2.24, 2.45) is 5.73 Å². The summed E-state index contributed by atoms with van der Waals surface area (Å²) in [5, 5.41) is 0.888. The molecule has 0 saturated carbocycles. The van der Waals surface area contributed by atoms with Crippen LogP contribution in [-0.4, -0.2) is 19.2 Å². The van der Waals surface area contributed by atoms with Crippen LogP contribution in [0.1, 0.15) is 21.5 Å². The van der Waals surface area contributed by atoms with Crippen molar-refractivity contribution in [1.29, 1.82) is 0 Å². The Hall–Kier alpha value is -2.37. The molecular weight excluding hydrogens is 320 g/mol. The Balaban J connectivity index is 1.95. The lowest BCUT2D eigenvalue weighted by Gasteiger charge is -2.13. The van der Waals surface area contributed by atoms with Gasteiger partial charge in [0.1, 0.15) is 5.01 Å². The molecule has 0 radical (unpaired) electrons. The van der Waals surface area contributed by atoms with Gasteiger partial charge in [-0.3, -0.25) is 0 Å². The van der Waals surface area contributed by atoms with E-state index in [0.29, 0.717) is 11.5 Å².